The van der Waals surface area contributed by atoms with Gasteiger partial charge in [0.1, 0.15) is 5.75 Å². The Balaban J connectivity index is 2.06. The van der Waals surface area contributed by atoms with Gasteiger partial charge in [0.05, 0.1) is 23.4 Å². The molecular formula is C20H22ClNO5. The number of carbonyl (C=O) groups excluding carboxylic acids is 1. The van der Waals surface area contributed by atoms with Gasteiger partial charge >= 0.3 is 5.97 Å². The van der Waals surface area contributed by atoms with Crippen molar-refractivity contribution in [3.8, 4) is 11.5 Å². The van der Waals surface area contributed by atoms with Crippen molar-refractivity contribution in [2.45, 2.75) is 26.2 Å². The second kappa shape index (κ2) is 8.31. The zero-order valence-electron chi connectivity index (χ0n) is 15.6. The summed E-state index contributed by atoms with van der Waals surface area (Å²) in [4.78, 5) is 23.4. The zero-order chi connectivity index (χ0) is 20.2. The summed E-state index contributed by atoms with van der Waals surface area (Å²) in [7, 11) is 1.38. The number of rotatable bonds is 6. The van der Waals surface area contributed by atoms with Crippen LogP contribution in [-0.4, -0.2) is 30.7 Å². The molecule has 0 spiro atoms. The molecule has 0 fully saturated rings. The largest absolute Gasteiger partial charge is 0.493 e. The molecule has 0 aliphatic carbocycles. The Morgan fingerprint density at radius 1 is 1.15 bits per heavy atom. The van der Waals surface area contributed by atoms with Crippen LogP contribution in [0.5, 0.6) is 11.5 Å². The van der Waals surface area contributed by atoms with E-state index in [-0.39, 0.29) is 34.0 Å². The van der Waals surface area contributed by atoms with Crippen molar-refractivity contribution in [2.24, 2.45) is 0 Å². The van der Waals surface area contributed by atoms with Crippen LogP contribution in [0.4, 0.5) is 5.69 Å². The minimum absolute atomic E-state index is 0.0287. The van der Waals surface area contributed by atoms with Crippen molar-refractivity contribution < 1.29 is 24.2 Å². The molecule has 2 rings (SSSR count). The van der Waals surface area contributed by atoms with E-state index in [0.29, 0.717) is 5.75 Å². The first kappa shape index (κ1) is 20.6. The Hall–Kier alpha value is -2.73. The Labute approximate surface area is 163 Å². The molecule has 2 aromatic rings. The lowest BCUT2D eigenvalue weighted by Crippen LogP contribution is -2.21. The lowest BCUT2D eigenvalue weighted by molar-refractivity contribution is -0.118. The number of carboxylic acid groups (broad SMARTS) is 1. The van der Waals surface area contributed by atoms with Gasteiger partial charge in [0.25, 0.3) is 5.91 Å². The maximum atomic E-state index is 12.2. The van der Waals surface area contributed by atoms with Crippen LogP contribution in [0.25, 0.3) is 0 Å². The quantitative estimate of drug-likeness (QED) is 0.764. The molecule has 0 saturated heterocycles. The molecule has 0 heterocycles. The normalized spacial score (nSPS) is 11.0. The van der Waals surface area contributed by atoms with E-state index in [0.717, 1.165) is 5.56 Å². The molecule has 0 radical (unpaired) electrons. The second-order valence-corrected chi connectivity index (χ2v) is 7.36. The summed E-state index contributed by atoms with van der Waals surface area (Å²) in [6.45, 7) is 6.09. The zero-order valence-corrected chi connectivity index (χ0v) is 16.4. The van der Waals surface area contributed by atoms with Gasteiger partial charge < -0.3 is 19.9 Å². The fraction of sp³-hybridized carbons (Fsp3) is 0.300. The number of hydrogen-bond donors (Lipinski definition) is 2. The third-order valence-electron chi connectivity index (χ3n) is 3.86. The first-order valence-corrected chi connectivity index (χ1v) is 8.63. The van der Waals surface area contributed by atoms with Crippen molar-refractivity contribution >= 4 is 29.2 Å². The lowest BCUT2D eigenvalue weighted by Gasteiger charge is -2.19. The number of anilines is 1. The molecule has 144 valence electrons. The third-order valence-corrected chi connectivity index (χ3v) is 4.14. The van der Waals surface area contributed by atoms with E-state index >= 15 is 0 Å². The van der Waals surface area contributed by atoms with Crippen molar-refractivity contribution in [2.75, 3.05) is 19.0 Å². The fourth-order valence-electron chi connectivity index (χ4n) is 2.40. The van der Waals surface area contributed by atoms with Crippen LogP contribution in [0, 0.1) is 0 Å². The minimum Gasteiger partial charge on any atom is -0.493 e. The van der Waals surface area contributed by atoms with Crippen molar-refractivity contribution in [3.05, 3.63) is 52.5 Å². The summed E-state index contributed by atoms with van der Waals surface area (Å²) in [6.07, 6.45) is 0. The van der Waals surface area contributed by atoms with Crippen molar-refractivity contribution in [3.63, 3.8) is 0 Å². The van der Waals surface area contributed by atoms with E-state index in [2.05, 4.69) is 26.1 Å². The molecule has 7 heteroatoms. The highest BCUT2D eigenvalue weighted by Crippen LogP contribution is 2.34. The van der Waals surface area contributed by atoms with Crippen LogP contribution in [0.1, 0.15) is 36.7 Å². The highest BCUT2D eigenvalue weighted by Gasteiger charge is 2.17. The van der Waals surface area contributed by atoms with Gasteiger partial charge in [0, 0.05) is 0 Å². The number of carbonyl (C=O) groups is 2. The maximum Gasteiger partial charge on any atom is 0.335 e. The molecule has 1 amide bonds. The lowest BCUT2D eigenvalue weighted by atomic mass is 9.87. The Morgan fingerprint density at radius 3 is 2.30 bits per heavy atom. The predicted molar refractivity (Wildman–Crippen MR) is 104 cm³/mol. The number of methoxy groups -OCH3 is 1. The summed E-state index contributed by atoms with van der Waals surface area (Å²) in [6, 6.07) is 10.0. The summed E-state index contributed by atoms with van der Waals surface area (Å²) in [5.74, 6) is -0.885. The van der Waals surface area contributed by atoms with Gasteiger partial charge in [-0.1, -0.05) is 44.5 Å². The molecule has 6 nitrogen and oxygen atoms in total. The van der Waals surface area contributed by atoms with Crippen LogP contribution < -0.4 is 14.8 Å². The molecule has 2 N–H and O–H groups in total. The number of nitrogens with one attached hydrogen (secondary N) is 1. The molecular weight excluding hydrogens is 370 g/mol. The maximum absolute atomic E-state index is 12.2. The van der Waals surface area contributed by atoms with Gasteiger partial charge in [0.2, 0.25) is 0 Å². The molecule has 0 saturated carbocycles. The fourth-order valence-corrected chi connectivity index (χ4v) is 2.70. The molecule has 0 bridgehead atoms. The van der Waals surface area contributed by atoms with E-state index in [1.807, 2.05) is 12.1 Å². The van der Waals surface area contributed by atoms with Gasteiger partial charge in [-0.05, 0) is 35.2 Å². The standard InChI is InChI=1S/C20H22ClNO5/c1-20(2,3)13-5-7-14(8-6-13)27-11-17(23)22-16-10-12(19(24)25)9-15(21)18(16)26-4/h5-10H,11H2,1-4H3,(H,22,23)(H,24,25). The van der Waals surface area contributed by atoms with Crippen LogP contribution in [0.15, 0.2) is 36.4 Å². The number of halogens is 1. The van der Waals surface area contributed by atoms with E-state index in [4.69, 9.17) is 26.2 Å². The molecule has 0 atom stereocenters. The molecule has 27 heavy (non-hydrogen) atoms. The topological polar surface area (TPSA) is 84.9 Å². The van der Waals surface area contributed by atoms with E-state index in [9.17, 15) is 9.59 Å². The Kier molecular flexibility index (Phi) is 6.33. The summed E-state index contributed by atoms with van der Waals surface area (Å²) in [5, 5.41) is 11.8. The second-order valence-electron chi connectivity index (χ2n) is 6.96. The molecule has 0 aliphatic rings. The summed E-state index contributed by atoms with van der Waals surface area (Å²) >= 11 is 6.02. The number of carboxylic acids is 1. The number of ether oxygens (including phenoxy) is 2. The van der Waals surface area contributed by atoms with E-state index in [1.54, 1.807) is 12.1 Å². The average molecular weight is 392 g/mol. The predicted octanol–water partition coefficient (Wildman–Crippen LogP) is 4.36. The van der Waals surface area contributed by atoms with Gasteiger partial charge in [-0.2, -0.15) is 0 Å². The van der Waals surface area contributed by atoms with Crippen LogP contribution in [0.3, 0.4) is 0 Å². The molecule has 0 aromatic heterocycles. The van der Waals surface area contributed by atoms with Crippen LogP contribution in [-0.2, 0) is 10.2 Å². The number of hydrogen-bond acceptors (Lipinski definition) is 4. The molecule has 0 unspecified atom stereocenters. The third kappa shape index (κ3) is 5.37. The highest BCUT2D eigenvalue weighted by atomic mass is 35.5. The van der Waals surface area contributed by atoms with Gasteiger partial charge in [-0.15, -0.1) is 0 Å². The van der Waals surface area contributed by atoms with Gasteiger partial charge in [0.15, 0.2) is 12.4 Å². The first-order chi connectivity index (χ1) is 12.6. The van der Waals surface area contributed by atoms with E-state index < -0.39 is 11.9 Å². The average Bonchev–Trinajstić information content (AvgIpc) is 2.59. The summed E-state index contributed by atoms with van der Waals surface area (Å²) < 4.78 is 10.6. The monoisotopic (exact) mass is 391 g/mol. The van der Waals surface area contributed by atoms with Crippen LogP contribution >= 0.6 is 11.6 Å². The SMILES string of the molecule is COc1c(Cl)cc(C(=O)O)cc1NC(=O)COc1ccc(C(C)(C)C)cc1. The van der Waals surface area contributed by atoms with E-state index in [1.165, 1.54) is 19.2 Å². The number of amides is 1. The van der Waals surface area contributed by atoms with Gasteiger partial charge in [-0.25, -0.2) is 4.79 Å². The Bertz CT molecular complexity index is 841. The smallest absolute Gasteiger partial charge is 0.335 e. The highest BCUT2D eigenvalue weighted by molar-refractivity contribution is 6.33. The molecule has 2 aromatic carbocycles. The van der Waals surface area contributed by atoms with Crippen molar-refractivity contribution in [1.82, 2.24) is 0 Å². The minimum atomic E-state index is -1.16. The number of aromatic carboxylic acids is 1. The van der Waals surface area contributed by atoms with Gasteiger partial charge in [-0.3, -0.25) is 4.79 Å². The van der Waals surface area contributed by atoms with Crippen molar-refractivity contribution in [1.29, 1.82) is 0 Å². The number of benzene rings is 2. The first-order valence-electron chi connectivity index (χ1n) is 8.26. The summed E-state index contributed by atoms with van der Waals surface area (Å²) in [5.41, 5.74) is 1.29. The van der Waals surface area contributed by atoms with Crippen LogP contribution in [0.2, 0.25) is 5.02 Å². The molecule has 0 aliphatic heterocycles. The Morgan fingerprint density at radius 2 is 1.78 bits per heavy atom.